The Labute approximate surface area is 369 Å². The first kappa shape index (κ1) is 42.7. The summed E-state index contributed by atoms with van der Waals surface area (Å²) in [5.41, 5.74) is 4.52. The van der Waals surface area contributed by atoms with Crippen LogP contribution in [0.2, 0.25) is 0 Å². The van der Waals surface area contributed by atoms with E-state index in [4.69, 9.17) is 1.37 Å². The van der Waals surface area contributed by atoms with Gasteiger partial charge in [0.2, 0.25) is 0 Å². The van der Waals surface area contributed by atoms with E-state index in [1.165, 1.54) is 85.6 Å². The van der Waals surface area contributed by atoms with E-state index in [0.717, 1.165) is 86.9 Å². The van der Waals surface area contributed by atoms with E-state index >= 15 is 0 Å². The van der Waals surface area contributed by atoms with Gasteiger partial charge in [-0.3, -0.25) is 19.0 Å². The van der Waals surface area contributed by atoms with Gasteiger partial charge in [-0.15, -0.1) is 0 Å². The second-order valence-electron chi connectivity index (χ2n) is 20.6. The molecule has 59 heavy (non-hydrogen) atoms. The average Bonchev–Trinajstić information content (AvgIpc) is 4.17. The number of fused-ring (bicyclic) bond motifs is 2. The molecular formula is C50H73FIN3O4. The normalized spacial score (nSPS) is 36.4. The summed E-state index contributed by atoms with van der Waals surface area (Å²) >= 11 is 2.56. The summed E-state index contributed by atoms with van der Waals surface area (Å²) in [6, 6.07) is 13.5. The van der Waals surface area contributed by atoms with Crippen molar-refractivity contribution in [3.63, 3.8) is 0 Å². The van der Waals surface area contributed by atoms with Gasteiger partial charge in [-0.05, 0) is 170 Å². The summed E-state index contributed by atoms with van der Waals surface area (Å²) in [5, 5.41) is 34.3. The van der Waals surface area contributed by atoms with E-state index in [-0.39, 0.29) is 22.9 Å². The number of hydrogen-bond donors (Lipinski definition) is 3. The van der Waals surface area contributed by atoms with E-state index in [0.29, 0.717) is 36.8 Å². The summed E-state index contributed by atoms with van der Waals surface area (Å²) < 4.78 is 16.5. The number of aryl methyl sites for hydroxylation is 1. The summed E-state index contributed by atoms with van der Waals surface area (Å²) in [4.78, 5) is 19.9. The van der Waals surface area contributed by atoms with Gasteiger partial charge in [-0.2, -0.15) is 0 Å². The molecule has 7 atom stereocenters. The molecule has 4 bridgehead atoms. The Morgan fingerprint density at radius 2 is 1.36 bits per heavy atom. The zero-order valence-corrected chi connectivity index (χ0v) is 38.4. The van der Waals surface area contributed by atoms with Crippen LogP contribution in [0.25, 0.3) is 0 Å². The number of phenolic OH excluding ortho intramolecular Hbond substituents is 1. The van der Waals surface area contributed by atoms with Crippen LogP contribution in [-0.2, 0) is 28.5 Å². The summed E-state index contributed by atoms with van der Waals surface area (Å²) in [6.07, 6.45) is 21.3. The second-order valence-corrected chi connectivity index (χ2v) is 22.4. The maximum atomic E-state index is 12.4. The number of aliphatic hydroxyl groups is 2. The number of carbonyl (C=O) groups excluding carboxylic acids is 1. The topological polar surface area (TPSA) is 87.5 Å². The molecule has 0 aromatic heterocycles. The molecule has 9 aliphatic rings. The third-order valence-electron chi connectivity index (χ3n) is 16.9. The molecule has 0 unspecified atom stereocenters. The Hall–Kier alpha value is -1.63. The average molecular weight is 927 g/mol. The maximum Gasteiger partial charge on any atom is 0.134 e. The fourth-order valence-electron chi connectivity index (χ4n) is 13.3. The minimum Gasteiger partial charge on any atom is -0.508 e. The van der Waals surface area contributed by atoms with Crippen LogP contribution < -0.4 is 0 Å². The number of Topliss-reactive ketones (excluding diaryl/α,β-unsaturated/α-hetero) is 1. The molecule has 7 aliphatic carbocycles. The number of benzene rings is 2. The van der Waals surface area contributed by atoms with Crippen molar-refractivity contribution in [2.24, 2.45) is 11.8 Å². The van der Waals surface area contributed by atoms with Gasteiger partial charge in [-0.1, -0.05) is 71.7 Å². The summed E-state index contributed by atoms with van der Waals surface area (Å²) in [5.74, 6) is 2.37. The van der Waals surface area contributed by atoms with Crippen molar-refractivity contribution in [3.8, 4) is 5.75 Å². The van der Waals surface area contributed by atoms with Crippen molar-refractivity contribution >= 4 is 28.4 Å². The van der Waals surface area contributed by atoms with Crippen molar-refractivity contribution in [3.05, 3.63) is 64.2 Å². The van der Waals surface area contributed by atoms with Crippen molar-refractivity contribution in [2.75, 3.05) is 47.4 Å². The Bertz CT molecular complexity index is 1840. The number of piperidine rings is 2. The number of likely N-dealkylation sites (tertiary alicyclic amines) is 2. The second kappa shape index (κ2) is 17.5. The van der Waals surface area contributed by atoms with Gasteiger partial charge < -0.3 is 20.2 Å². The van der Waals surface area contributed by atoms with Crippen molar-refractivity contribution in [1.29, 1.82) is 0 Å². The molecule has 0 radical (unpaired) electrons. The number of aromatic hydroxyl groups is 1. The van der Waals surface area contributed by atoms with E-state index in [1.54, 1.807) is 0 Å². The Morgan fingerprint density at radius 3 is 1.92 bits per heavy atom. The number of alkyl halides is 2. The van der Waals surface area contributed by atoms with E-state index in [9.17, 15) is 24.5 Å². The first-order chi connectivity index (χ1) is 28.8. The SMILES string of the molecule is CN(C)[C@H]1CC[C@@]2(O)[C@H]3Cc4ccc(O)cc4[C@@]2(CCN3CC2CC2)C1.Cc1ccc2c(c1)[C@]13CCN(CC4CC4)[C@H](C2)[C@]1(O)CCC(=O)C3.IC1CCCCC1.[2H]CF. The molecule has 2 aromatic rings. The zero-order chi connectivity index (χ0) is 42.5. The highest BCUT2D eigenvalue weighted by molar-refractivity contribution is 14.1. The van der Waals surface area contributed by atoms with Crippen LogP contribution in [0, 0.1) is 18.8 Å². The lowest BCUT2D eigenvalue weighted by Gasteiger charge is -2.65. The summed E-state index contributed by atoms with van der Waals surface area (Å²) in [7, 11) is 3.33. The number of phenols is 1. The molecule has 11 rings (SSSR count). The largest absolute Gasteiger partial charge is 0.508 e. The number of halogens is 2. The van der Waals surface area contributed by atoms with Crippen LogP contribution in [0.15, 0.2) is 36.4 Å². The van der Waals surface area contributed by atoms with Gasteiger partial charge in [0.15, 0.2) is 0 Å². The number of hydrogen-bond acceptors (Lipinski definition) is 7. The quantitative estimate of drug-likeness (QED) is 0.205. The number of nitrogens with zero attached hydrogens (tertiary/aromatic N) is 3. The molecule has 326 valence electrons. The molecule has 0 amide bonds. The van der Waals surface area contributed by atoms with Crippen molar-refractivity contribution in [2.45, 2.75) is 173 Å². The van der Waals surface area contributed by atoms with E-state index in [1.807, 2.05) is 12.1 Å². The minimum atomic E-state index is -1.00. The van der Waals surface area contributed by atoms with Crippen LogP contribution in [-0.4, -0.2) is 116 Å². The van der Waals surface area contributed by atoms with Crippen LogP contribution >= 0.6 is 22.6 Å². The first-order valence-electron chi connectivity index (χ1n) is 24.0. The fraction of sp³-hybridized carbons (Fsp3) is 0.740. The Kier molecular flexibility index (Phi) is 12.7. The molecule has 7 nitrogen and oxygen atoms in total. The highest BCUT2D eigenvalue weighted by Gasteiger charge is 2.66. The molecule has 2 aliphatic heterocycles. The molecule has 7 fully saturated rings. The predicted octanol–water partition coefficient (Wildman–Crippen LogP) is 8.61. The molecule has 2 aromatic carbocycles. The van der Waals surface area contributed by atoms with Gasteiger partial charge in [0.05, 0.1) is 19.7 Å². The van der Waals surface area contributed by atoms with Gasteiger partial charge in [0.1, 0.15) is 11.5 Å². The van der Waals surface area contributed by atoms with Crippen molar-refractivity contribution < 1.29 is 25.9 Å². The predicted molar refractivity (Wildman–Crippen MR) is 243 cm³/mol. The minimum absolute atomic E-state index is 0.190. The van der Waals surface area contributed by atoms with E-state index < -0.39 is 18.4 Å². The third-order valence-corrected chi connectivity index (χ3v) is 18.1. The molecule has 9 heteroatoms. The lowest BCUT2D eigenvalue weighted by Crippen LogP contribution is -2.74. The summed E-state index contributed by atoms with van der Waals surface area (Å²) in [6.45, 7) is 6.53. The van der Waals surface area contributed by atoms with Gasteiger partial charge in [0, 0.05) is 58.8 Å². The van der Waals surface area contributed by atoms with Crippen LogP contribution in [0.3, 0.4) is 0 Å². The molecule has 2 saturated heterocycles. The lowest BCUT2D eigenvalue weighted by atomic mass is 9.48. The molecule has 2 heterocycles. The first-order valence-corrected chi connectivity index (χ1v) is 24.5. The zero-order valence-electron chi connectivity index (χ0n) is 37.2. The fourth-order valence-corrected chi connectivity index (χ4v) is 14.2. The lowest BCUT2D eigenvalue weighted by molar-refractivity contribution is -0.175. The van der Waals surface area contributed by atoms with Crippen molar-refractivity contribution in [1.82, 2.24) is 14.7 Å². The number of carbonyl (C=O) groups is 1. The number of ketones is 1. The van der Waals surface area contributed by atoms with Crippen LogP contribution in [0.5, 0.6) is 5.75 Å². The monoisotopic (exact) mass is 926 g/mol. The highest BCUT2D eigenvalue weighted by atomic mass is 127. The smallest absolute Gasteiger partial charge is 0.134 e. The van der Waals surface area contributed by atoms with E-state index in [2.05, 4.69) is 82.6 Å². The molecular weight excluding hydrogens is 852 g/mol. The molecule has 3 N–H and O–H groups in total. The number of rotatable bonds is 5. The van der Waals surface area contributed by atoms with Gasteiger partial charge >= 0.3 is 0 Å². The maximum absolute atomic E-state index is 12.4. The van der Waals surface area contributed by atoms with Crippen LogP contribution in [0.1, 0.15) is 138 Å². The molecule has 0 spiro atoms. The third kappa shape index (κ3) is 8.22. The Balaban J connectivity index is 0.000000136. The molecule has 5 saturated carbocycles. The van der Waals surface area contributed by atoms with Gasteiger partial charge in [0.25, 0.3) is 0 Å². The van der Waals surface area contributed by atoms with Crippen LogP contribution in [0.4, 0.5) is 4.39 Å². The van der Waals surface area contributed by atoms with Gasteiger partial charge in [-0.25, -0.2) is 0 Å². The standard InChI is InChI=1S/C22H32N2O2.C21H27NO2.C6H11I.CH3F/c1-23(2)17-7-8-22(26)20-11-16-5-6-18(25)12-19(16)21(22,13-17)9-10-24(20)14-15-3-4-15;1-14-2-5-16-11-19-21(24)7-6-17(23)12-20(21,18(16)10-14)8-9-22(19)13-15-3-4-15;7-6-4-2-1-3-5-6;1-2/h5-6,12,15,17,20,25-26H,3-4,7-11,13-14H2,1-2H3;2,5,10,15,19,24H,3-4,6-9,11-13H2,1H3;6H,1-5H2;1H3/t17-,20+,21+,22+;19-,20-,21-;;/m01../s1/i;;;1D. The highest BCUT2D eigenvalue weighted by Crippen LogP contribution is 2.60. The Morgan fingerprint density at radius 1 is 0.797 bits per heavy atom.